The summed E-state index contributed by atoms with van der Waals surface area (Å²) in [4.78, 5) is 24.2. The van der Waals surface area contributed by atoms with Crippen LogP contribution in [0.3, 0.4) is 0 Å². The lowest BCUT2D eigenvalue weighted by molar-refractivity contribution is 0.0696. The fourth-order valence-electron chi connectivity index (χ4n) is 3.48. The van der Waals surface area contributed by atoms with Crippen molar-refractivity contribution in [3.05, 3.63) is 112 Å². The Hall–Kier alpha value is -3.46. The lowest BCUT2D eigenvalue weighted by Crippen LogP contribution is -2.06. The number of aromatic carboxylic acids is 1. The Labute approximate surface area is 171 Å². The standard InChI is InChI=1S/C26H24O3/c1-3-23(21-9-5-4-6-10-21)25(27)24-15-14-20(16-18(24)2)13-12-19-8-7-11-22(17-19)26(28)29/h3-11,14-17H,12-13H2,1-2H3,(H,28,29)/b23-3-. The molecule has 0 atom stereocenters. The van der Waals surface area contributed by atoms with Crippen LogP contribution >= 0.6 is 0 Å². The van der Waals surface area contributed by atoms with Gasteiger partial charge in [0, 0.05) is 11.1 Å². The highest BCUT2D eigenvalue weighted by Crippen LogP contribution is 2.23. The van der Waals surface area contributed by atoms with Crippen molar-refractivity contribution in [3.8, 4) is 0 Å². The van der Waals surface area contributed by atoms with Gasteiger partial charge in [0.2, 0.25) is 0 Å². The van der Waals surface area contributed by atoms with Gasteiger partial charge in [-0.1, -0.05) is 66.7 Å². The van der Waals surface area contributed by atoms with Gasteiger partial charge in [-0.3, -0.25) is 4.79 Å². The summed E-state index contributed by atoms with van der Waals surface area (Å²) in [5.74, 6) is -0.888. The van der Waals surface area contributed by atoms with Gasteiger partial charge in [0.05, 0.1) is 5.56 Å². The predicted octanol–water partition coefficient (Wildman–Crippen LogP) is 5.76. The third kappa shape index (κ3) is 4.88. The van der Waals surface area contributed by atoms with E-state index in [0.717, 1.165) is 35.1 Å². The molecular formula is C26H24O3. The number of carbonyl (C=O) groups is 2. The van der Waals surface area contributed by atoms with Crippen LogP contribution in [0.4, 0.5) is 0 Å². The van der Waals surface area contributed by atoms with E-state index in [4.69, 9.17) is 5.11 Å². The van der Waals surface area contributed by atoms with E-state index >= 15 is 0 Å². The van der Waals surface area contributed by atoms with E-state index in [0.29, 0.717) is 16.7 Å². The van der Waals surface area contributed by atoms with Crippen LogP contribution in [0, 0.1) is 6.92 Å². The Bertz CT molecular complexity index is 1060. The minimum Gasteiger partial charge on any atom is -0.478 e. The summed E-state index contributed by atoms with van der Waals surface area (Å²) in [6.45, 7) is 3.84. The van der Waals surface area contributed by atoms with Gasteiger partial charge in [0.1, 0.15) is 0 Å². The third-order valence-corrected chi connectivity index (χ3v) is 5.03. The molecule has 0 spiro atoms. The van der Waals surface area contributed by atoms with Crippen molar-refractivity contribution in [1.29, 1.82) is 0 Å². The Morgan fingerprint density at radius 3 is 2.10 bits per heavy atom. The van der Waals surface area contributed by atoms with E-state index in [1.165, 1.54) is 0 Å². The van der Waals surface area contributed by atoms with Gasteiger partial charge in [-0.25, -0.2) is 4.79 Å². The van der Waals surface area contributed by atoms with Gasteiger partial charge in [-0.2, -0.15) is 0 Å². The molecule has 146 valence electrons. The lowest BCUT2D eigenvalue weighted by Gasteiger charge is -2.11. The highest BCUT2D eigenvalue weighted by Gasteiger charge is 2.16. The summed E-state index contributed by atoms with van der Waals surface area (Å²) in [5, 5.41) is 9.12. The summed E-state index contributed by atoms with van der Waals surface area (Å²) in [7, 11) is 0. The first-order valence-corrected chi connectivity index (χ1v) is 9.68. The van der Waals surface area contributed by atoms with Crippen LogP contribution in [-0.2, 0) is 12.8 Å². The Kier molecular flexibility index (Phi) is 6.40. The third-order valence-electron chi connectivity index (χ3n) is 5.03. The molecule has 0 heterocycles. The summed E-state index contributed by atoms with van der Waals surface area (Å²) in [6, 6.07) is 22.6. The van der Waals surface area contributed by atoms with Crippen molar-refractivity contribution in [3.63, 3.8) is 0 Å². The first-order chi connectivity index (χ1) is 14.0. The number of aryl methyl sites for hydroxylation is 3. The Balaban J connectivity index is 1.75. The molecule has 3 rings (SSSR count). The van der Waals surface area contributed by atoms with E-state index in [1.54, 1.807) is 18.2 Å². The van der Waals surface area contributed by atoms with E-state index < -0.39 is 5.97 Å². The fourth-order valence-corrected chi connectivity index (χ4v) is 3.48. The first-order valence-electron chi connectivity index (χ1n) is 9.68. The molecule has 0 saturated carbocycles. The maximum absolute atomic E-state index is 13.1. The number of carboxylic acid groups (broad SMARTS) is 1. The largest absolute Gasteiger partial charge is 0.478 e. The van der Waals surface area contributed by atoms with E-state index in [1.807, 2.05) is 74.5 Å². The van der Waals surface area contributed by atoms with Gasteiger partial charge in [0.15, 0.2) is 5.78 Å². The SMILES string of the molecule is C/C=C(\C(=O)c1ccc(CCc2cccc(C(=O)O)c2)cc1C)c1ccccc1. The first kappa shape index (κ1) is 20.3. The van der Waals surface area contributed by atoms with Crippen molar-refractivity contribution in [1.82, 2.24) is 0 Å². The average molecular weight is 384 g/mol. The van der Waals surface area contributed by atoms with E-state index in [9.17, 15) is 9.59 Å². The summed E-state index contributed by atoms with van der Waals surface area (Å²) >= 11 is 0. The van der Waals surface area contributed by atoms with Crippen molar-refractivity contribution in [2.24, 2.45) is 0 Å². The monoisotopic (exact) mass is 384 g/mol. The van der Waals surface area contributed by atoms with Crippen LogP contribution in [0.25, 0.3) is 5.57 Å². The molecule has 3 aromatic rings. The zero-order valence-electron chi connectivity index (χ0n) is 16.7. The molecule has 0 aliphatic carbocycles. The summed E-state index contributed by atoms with van der Waals surface area (Å²) < 4.78 is 0. The topological polar surface area (TPSA) is 54.4 Å². The van der Waals surface area contributed by atoms with E-state index in [2.05, 4.69) is 0 Å². The summed E-state index contributed by atoms with van der Waals surface area (Å²) in [5.41, 5.74) is 5.69. The normalized spacial score (nSPS) is 11.3. The molecule has 0 amide bonds. The number of allylic oxidation sites excluding steroid dienone is 2. The number of carboxylic acids is 1. The minimum absolute atomic E-state index is 0.0249. The van der Waals surface area contributed by atoms with Crippen LogP contribution in [0.15, 0.2) is 78.9 Å². The molecule has 0 aliphatic heterocycles. The molecule has 0 fully saturated rings. The molecule has 0 aromatic heterocycles. The number of Topliss-reactive ketones (excluding diaryl/α,β-unsaturated/α-hetero) is 1. The second kappa shape index (κ2) is 9.16. The predicted molar refractivity (Wildman–Crippen MR) is 116 cm³/mol. The lowest BCUT2D eigenvalue weighted by atomic mass is 9.92. The van der Waals surface area contributed by atoms with Gasteiger partial charge in [0.25, 0.3) is 0 Å². The van der Waals surface area contributed by atoms with Crippen molar-refractivity contribution >= 4 is 17.3 Å². The molecule has 29 heavy (non-hydrogen) atoms. The van der Waals surface area contributed by atoms with Crippen LogP contribution in [0.5, 0.6) is 0 Å². The van der Waals surface area contributed by atoms with Gasteiger partial charge >= 0.3 is 5.97 Å². The number of benzene rings is 3. The van der Waals surface area contributed by atoms with Crippen LogP contribution in [-0.4, -0.2) is 16.9 Å². The van der Waals surface area contributed by atoms with Gasteiger partial charge in [-0.05, 0) is 61.1 Å². The molecule has 0 saturated heterocycles. The second-order valence-corrected chi connectivity index (χ2v) is 7.05. The number of carbonyl (C=O) groups excluding carboxylic acids is 1. The van der Waals surface area contributed by atoms with Gasteiger partial charge in [-0.15, -0.1) is 0 Å². The van der Waals surface area contributed by atoms with Crippen LogP contribution < -0.4 is 0 Å². The number of ketones is 1. The van der Waals surface area contributed by atoms with Crippen molar-refractivity contribution in [2.45, 2.75) is 26.7 Å². The minimum atomic E-state index is -0.913. The fraction of sp³-hybridized carbons (Fsp3) is 0.154. The zero-order chi connectivity index (χ0) is 20.8. The number of rotatable bonds is 7. The average Bonchev–Trinajstić information content (AvgIpc) is 2.73. The quantitative estimate of drug-likeness (QED) is 0.416. The number of hydrogen-bond donors (Lipinski definition) is 1. The summed E-state index contributed by atoms with van der Waals surface area (Å²) in [6.07, 6.45) is 3.39. The smallest absolute Gasteiger partial charge is 0.335 e. The molecule has 0 aliphatic rings. The maximum atomic E-state index is 13.1. The molecule has 0 unspecified atom stereocenters. The highest BCUT2D eigenvalue weighted by molar-refractivity contribution is 6.29. The van der Waals surface area contributed by atoms with Crippen LogP contribution in [0.1, 0.15) is 49.9 Å². The second-order valence-electron chi connectivity index (χ2n) is 7.05. The molecule has 0 radical (unpaired) electrons. The maximum Gasteiger partial charge on any atom is 0.335 e. The molecular weight excluding hydrogens is 360 g/mol. The molecule has 3 aromatic carbocycles. The molecule has 0 bridgehead atoms. The molecule has 3 heteroatoms. The molecule has 3 nitrogen and oxygen atoms in total. The highest BCUT2D eigenvalue weighted by atomic mass is 16.4. The molecule has 1 N–H and O–H groups in total. The zero-order valence-corrected chi connectivity index (χ0v) is 16.7. The van der Waals surface area contributed by atoms with Crippen LogP contribution in [0.2, 0.25) is 0 Å². The Morgan fingerprint density at radius 2 is 1.48 bits per heavy atom. The van der Waals surface area contributed by atoms with Crippen molar-refractivity contribution < 1.29 is 14.7 Å². The van der Waals surface area contributed by atoms with Gasteiger partial charge < -0.3 is 5.11 Å². The number of hydrogen-bond acceptors (Lipinski definition) is 2. The van der Waals surface area contributed by atoms with Crippen molar-refractivity contribution in [2.75, 3.05) is 0 Å². The van der Waals surface area contributed by atoms with E-state index in [-0.39, 0.29) is 5.78 Å². The Morgan fingerprint density at radius 1 is 0.828 bits per heavy atom.